The predicted octanol–water partition coefficient (Wildman–Crippen LogP) is 1.47. The number of carbonyl (C=O) groups is 2. The fourth-order valence-electron chi connectivity index (χ4n) is 1.52. The van der Waals surface area contributed by atoms with Crippen LogP contribution in [0.3, 0.4) is 0 Å². The molecule has 2 rings (SSSR count). The molecular formula is C13H14N4O4. The van der Waals surface area contributed by atoms with Gasteiger partial charge in [0.1, 0.15) is 0 Å². The number of aromatic nitrogens is 2. The molecule has 1 amide bonds. The third-order valence-electron chi connectivity index (χ3n) is 2.45. The van der Waals surface area contributed by atoms with Crippen LogP contribution in [0.5, 0.6) is 0 Å². The predicted molar refractivity (Wildman–Crippen MR) is 73.7 cm³/mol. The molecule has 0 bridgehead atoms. The van der Waals surface area contributed by atoms with Crippen molar-refractivity contribution < 1.29 is 19.0 Å². The van der Waals surface area contributed by atoms with Crippen LogP contribution in [0.2, 0.25) is 0 Å². The molecule has 0 aliphatic heterocycles. The number of hydrogen-bond acceptors (Lipinski definition) is 7. The summed E-state index contributed by atoms with van der Waals surface area (Å²) in [6, 6.07) is 6.23. The highest BCUT2D eigenvalue weighted by Crippen LogP contribution is 2.13. The summed E-state index contributed by atoms with van der Waals surface area (Å²) in [7, 11) is 0. The van der Waals surface area contributed by atoms with E-state index in [2.05, 4.69) is 20.3 Å². The molecule has 0 spiro atoms. The summed E-state index contributed by atoms with van der Waals surface area (Å²) in [5, 5.41) is 9.27. The van der Waals surface area contributed by atoms with Gasteiger partial charge in [0.05, 0.1) is 11.7 Å². The Morgan fingerprint density at radius 2 is 1.90 bits per heavy atom. The summed E-state index contributed by atoms with van der Waals surface area (Å²) in [4.78, 5) is 23.5. The van der Waals surface area contributed by atoms with E-state index >= 15 is 0 Å². The van der Waals surface area contributed by atoms with Gasteiger partial charge in [-0.3, -0.25) is 4.79 Å². The fourth-order valence-corrected chi connectivity index (χ4v) is 1.52. The third-order valence-corrected chi connectivity index (χ3v) is 2.45. The van der Waals surface area contributed by atoms with Crippen molar-refractivity contribution in [3.05, 3.63) is 35.5 Å². The number of esters is 1. The molecule has 0 radical (unpaired) electrons. The highest BCUT2D eigenvalue weighted by atomic mass is 16.6. The summed E-state index contributed by atoms with van der Waals surface area (Å²) in [6.45, 7) is 3.53. The first-order valence-corrected chi connectivity index (χ1v) is 6.18. The molecule has 0 fully saturated rings. The maximum atomic E-state index is 11.8. The smallest absolute Gasteiger partial charge is 0.338 e. The maximum absolute atomic E-state index is 11.8. The summed E-state index contributed by atoms with van der Waals surface area (Å²) in [5.41, 5.74) is 6.19. The average molecular weight is 290 g/mol. The first-order valence-electron chi connectivity index (χ1n) is 6.18. The molecule has 0 atom stereocenters. The molecule has 8 heteroatoms. The molecule has 1 aromatic heterocycles. The van der Waals surface area contributed by atoms with E-state index in [0.29, 0.717) is 11.3 Å². The van der Waals surface area contributed by atoms with Gasteiger partial charge in [-0.05, 0) is 48.4 Å². The second-order valence-corrected chi connectivity index (χ2v) is 4.48. The lowest BCUT2D eigenvalue weighted by molar-refractivity contribution is 0.0378. The standard InChI is InChI=1S/C13H14N4O4/c1-7(2)20-13(19)8-3-5-9(6-4-8)15-12(18)10-11(14)17-21-16-10/h3-7H,1-2H3,(H2,14,17)(H,15,18). The number of nitrogen functional groups attached to an aromatic ring is 1. The minimum Gasteiger partial charge on any atom is -0.459 e. The second kappa shape index (κ2) is 6.04. The first kappa shape index (κ1) is 14.5. The molecule has 21 heavy (non-hydrogen) atoms. The van der Waals surface area contributed by atoms with Crippen LogP contribution in [0.1, 0.15) is 34.7 Å². The monoisotopic (exact) mass is 290 g/mol. The lowest BCUT2D eigenvalue weighted by atomic mass is 10.2. The molecule has 0 aliphatic carbocycles. The first-order chi connectivity index (χ1) is 9.97. The molecule has 110 valence electrons. The van der Waals surface area contributed by atoms with E-state index in [9.17, 15) is 9.59 Å². The topological polar surface area (TPSA) is 120 Å². The molecule has 2 aromatic rings. The Bertz CT molecular complexity index is 648. The van der Waals surface area contributed by atoms with Crippen LogP contribution in [0, 0.1) is 0 Å². The quantitative estimate of drug-likeness (QED) is 0.818. The van der Waals surface area contributed by atoms with Crippen LogP contribution in [-0.4, -0.2) is 28.3 Å². The van der Waals surface area contributed by atoms with Crippen molar-refractivity contribution in [3.8, 4) is 0 Å². The van der Waals surface area contributed by atoms with Gasteiger partial charge in [0.25, 0.3) is 5.91 Å². The van der Waals surface area contributed by atoms with Crippen molar-refractivity contribution in [2.75, 3.05) is 11.1 Å². The molecule has 1 aromatic carbocycles. The van der Waals surface area contributed by atoms with Gasteiger partial charge in [-0.25, -0.2) is 9.42 Å². The van der Waals surface area contributed by atoms with Crippen molar-refractivity contribution in [2.24, 2.45) is 0 Å². The van der Waals surface area contributed by atoms with Gasteiger partial charge in [-0.2, -0.15) is 0 Å². The van der Waals surface area contributed by atoms with E-state index in [0.717, 1.165) is 0 Å². The Balaban J connectivity index is 2.04. The van der Waals surface area contributed by atoms with Crippen LogP contribution >= 0.6 is 0 Å². The minimum absolute atomic E-state index is 0.0929. The normalized spacial score (nSPS) is 10.4. The van der Waals surface area contributed by atoms with Gasteiger partial charge in [0.2, 0.25) is 11.5 Å². The molecule has 0 aliphatic rings. The van der Waals surface area contributed by atoms with E-state index in [1.807, 2.05) is 0 Å². The van der Waals surface area contributed by atoms with E-state index in [1.54, 1.807) is 38.1 Å². The number of amides is 1. The summed E-state index contributed by atoms with van der Waals surface area (Å²) in [5.74, 6) is -1.07. The van der Waals surface area contributed by atoms with E-state index < -0.39 is 11.9 Å². The number of ether oxygens (including phenoxy) is 1. The maximum Gasteiger partial charge on any atom is 0.338 e. The number of anilines is 2. The Hall–Kier alpha value is -2.90. The van der Waals surface area contributed by atoms with Crippen LogP contribution in [0.15, 0.2) is 28.9 Å². The highest BCUT2D eigenvalue weighted by Gasteiger charge is 2.16. The zero-order valence-corrected chi connectivity index (χ0v) is 11.5. The number of nitrogens with one attached hydrogen (secondary N) is 1. The molecule has 8 nitrogen and oxygen atoms in total. The zero-order valence-electron chi connectivity index (χ0n) is 11.5. The SMILES string of the molecule is CC(C)OC(=O)c1ccc(NC(=O)c2nonc2N)cc1. The summed E-state index contributed by atoms with van der Waals surface area (Å²) in [6.07, 6.45) is -0.195. The Kier molecular flexibility index (Phi) is 4.17. The van der Waals surface area contributed by atoms with E-state index in [4.69, 9.17) is 10.5 Å². The molecule has 0 saturated carbocycles. The van der Waals surface area contributed by atoms with Crippen molar-refractivity contribution in [3.63, 3.8) is 0 Å². The Labute approximate surface area is 120 Å². The van der Waals surface area contributed by atoms with Crippen LogP contribution in [0.4, 0.5) is 11.5 Å². The van der Waals surface area contributed by atoms with Gasteiger partial charge >= 0.3 is 5.97 Å². The second-order valence-electron chi connectivity index (χ2n) is 4.48. The summed E-state index contributed by atoms with van der Waals surface area (Å²) >= 11 is 0. The summed E-state index contributed by atoms with van der Waals surface area (Å²) < 4.78 is 9.40. The number of carbonyl (C=O) groups excluding carboxylic acids is 2. The van der Waals surface area contributed by atoms with Crippen molar-refractivity contribution in [1.29, 1.82) is 0 Å². The van der Waals surface area contributed by atoms with E-state index in [-0.39, 0.29) is 17.6 Å². The fraction of sp³-hybridized carbons (Fsp3) is 0.231. The van der Waals surface area contributed by atoms with Crippen LogP contribution < -0.4 is 11.1 Å². The van der Waals surface area contributed by atoms with Crippen LogP contribution in [-0.2, 0) is 4.74 Å². The van der Waals surface area contributed by atoms with Crippen molar-refractivity contribution in [1.82, 2.24) is 10.3 Å². The average Bonchev–Trinajstić information content (AvgIpc) is 2.85. The number of benzene rings is 1. The van der Waals surface area contributed by atoms with Gasteiger partial charge in [0, 0.05) is 5.69 Å². The van der Waals surface area contributed by atoms with E-state index in [1.165, 1.54) is 0 Å². The largest absolute Gasteiger partial charge is 0.459 e. The number of nitrogens with zero attached hydrogens (tertiary/aromatic N) is 2. The Morgan fingerprint density at radius 3 is 2.43 bits per heavy atom. The van der Waals surface area contributed by atoms with Gasteiger partial charge < -0.3 is 15.8 Å². The molecule has 3 N–H and O–H groups in total. The molecular weight excluding hydrogens is 276 g/mol. The van der Waals surface area contributed by atoms with Gasteiger partial charge in [-0.1, -0.05) is 0 Å². The minimum atomic E-state index is -0.550. The van der Waals surface area contributed by atoms with Gasteiger partial charge in [0.15, 0.2) is 0 Å². The molecule has 1 heterocycles. The number of nitrogens with two attached hydrogens (primary N) is 1. The third kappa shape index (κ3) is 3.56. The van der Waals surface area contributed by atoms with Crippen molar-refractivity contribution >= 4 is 23.4 Å². The van der Waals surface area contributed by atoms with Crippen molar-refractivity contribution in [2.45, 2.75) is 20.0 Å². The Morgan fingerprint density at radius 1 is 1.24 bits per heavy atom. The highest BCUT2D eigenvalue weighted by molar-refractivity contribution is 6.05. The van der Waals surface area contributed by atoms with Gasteiger partial charge in [-0.15, -0.1) is 0 Å². The zero-order chi connectivity index (χ0) is 15.4. The number of rotatable bonds is 4. The lowest BCUT2D eigenvalue weighted by Crippen LogP contribution is -2.15. The number of hydrogen-bond donors (Lipinski definition) is 2. The molecule has 0 saturated heterocycles. The van der Waals surface area contributed by atoms with Crippen LogP contribution in [0.25, 0.3) is 0 Å². The molecule has 0 unspecified atom stereocenters. The lowest BCUT2D eigenvalue weighted by Gasteiger charge is -2.08.